The SMILES string of the molecule is COc1ccc(OCCCN2CCN(C(=O)c3ccco3)CC2)cc1. The standard InChI is InChI=1S/C19H24N2O4/c1-23-16-5-7-17(8-6-16)24-15-3-9-20-10-12-21(13-11-20)19(22)18-4-2-14-25-18/h2,4-8,14H,3,9-13,15H2,1H3. The molecule has 1 aliphatic heterocycles. The Morgan fingerprint density at radius 1 is 1.08 bits per heavy atom. The minimum atomic E-state index is -0.0208. The summed E-state index contributed by atoms with van der Waals surface area (Å²) in [5.41, 5.74) is 0. The van der Waals surface area contributed by atoms with Crippen LogP contribution in [0, 0.1) is 0 Å². The molecule has 0 N–H and O–H groups in total. The fourth-order valence-electron chi connectivity index (χ4n) is 2.88. The number of piperazine rings is 1. The van der Waals surface area contributed by atoms with E-state index in [-0.39, 0.29) is 5.91 Å². The van der Waals surface area contributed by atoms with Crippen molar-refractivity contribution in [3.05, 3.63) is 48.4 Å². The molecule has 0 spiro atoms. The smallest absolute Gasteiger partial charge is 0.289 e. The minimum absolute atomic E-state index is 0.0208. The predicted octanol–water partition coefficient (Wildman–Crippen LogP) is 2.52. The lowest BCUT2D eigenvalue weighted by Crippen LogP contribution is -2.48. The normalized spacial score (nSPS) is 15.2. The molecule has 3 rings (SSSR count). The number of ether oxygens (including phenoxy) is 2. The fourth-order valence-corrected chi connectivity index (χ4v) is 2.88. The molecule has 0 atom stereocenters. The molecule has 25 heavy (non-hydrogen) atoms. The largest absolute Gasteiger partial charge is 0.497 e. The van der Waals surface area contributed by atoms with Crippen LogP contribution in [0.15, 0.2) is 47.1 Å². The van der Waals surface area contributed by atoms with Gasteiger partial charge in [-0.05, 0) is 42.8 Å². The third-order valence-corrected chi connectivity index (χ3v) is 4.34. The van der Waals surface area contributed by atoms with Gasteiger partial charge in [-0.25, -0.2) is 0 Å². The van der Waals surface area contributed by atoms with Gasteiger partial charge in [-0.2, -0.15) is 0 Å². The number of methoxy groups -OCH3 is 1. The predicted molar refractivity (Wildman–Crippen MR) is 94.2 cm³/mol. The van der Waals surface area contributed by atoms with E-state index in [9.17, 15) is 4.79 Å². The summed E-state index contributed by atoms with van der Waals surface area (Å²) in [6.07, 6.45) is 2.49. The molecule has 1 aromatic heterocycles. The molecule has 6 nitrogen and oxygen atoms in total. The van der Waals surface area contributed by atoms with Gasteiger partial charge in [-0.1, -0.05) is 0 Å². The van der Waals surface area contributed by atoms with E-state index in [1.165, 1.54) is 6.26 Å². The molecule has 6 heteroatoms. The van der Waals surface area contributed by atoms with Crippen molar-refractivity contribution in [2.24, 2.45) is 0 Å². The van der Waals surface area contributed by atoms with E-state index >= 15 is 0 Å². The van der Waals surface area contributed by atoms with Crippen molar-refractivity contribution in [3.63, 3.8) is 0 Å². The highest BCUT2D eigenvalue weighted by molar-refractivity contribution is 5.91. The molecule has 0 radical (unpaired) electrons. The molecule has 0 unspecified atom stereocenters. The van der Waals surface area contributed by atoms with Crippen molar-refractivity contribution in [2.75, 3.05) is 46.4 Å². The highest BCUT2D eigenvalue weighted by Gasteiger charge is 2.23. The summed E-state index contributed by atoms with van der Waals surface area (Å²) >= 11 is 0. The zero-order valence-electron chi connectivity index (χ0n) is 14.5. The number of nitrogens with zero attached hydrogens (tertiary/aromatic N) is 2. The second-order valence-corrected chi connectivity index (χ2v) is 5.99. The third kappa shape index (κ3) is 4.76. The molecule has 0 bridgehead atoms. The van der Waals surface area contributed by atoms with Crippen LogP contribution < -0.4 is 9.47 Å². The number of benzene rings is 1. The highest BCUT2D eigenvalue weighted by Crippen LogP contribution is 2.17. The maximum Gasteiger partial charge on any atom is 0.289 e. The zero-order chi connectivity index (χ0) is 17.5. The van der Waals surface area contributed by atoms with Gasteiger partial charge < -0.3 is 18.8 Å². The zero-order valence-corrected chi connectivity index (χ0v) is 14.5. The van der Waals surface area contributed by atoms with E-state index in [2.05, 4.69) is 4.90 Å². The minimum Gasteiger partial charge on any atom is -0.497 e. The Morgan fingerprint density at radius 2 is 1.80 bits per heavy atom. The molecule has 2 heterocycles. The molecule has 0 aliphatic carbocycles. The molecule has 1 aromatic carbocycles. The Kier molecular flexibility index (Phi) is 5.95. The van der Waals surface area contributed by atoms with Crippen LogP contribution in [0.5, 0.6) is 11.5 Å². The second-order valence-electron chi connectivity index (χ2n) is 5.99. The van der Waals surface area contributed by atoms with Gasteiger partial charge in [0, 0.05) is 32.7 Å². The summed E-state index contributed by atoms with van der Waals surface area (Å²) in [6.45, 7) is 4.89. The quantitative estimate of drug-likeness (QED) is 0.723. The van der Waals surface area contributed by atoms with Crippen LogP contribution in [0.1, 0.15) is 17.0 Å². The van der Waals surface area contributed by atoms with Gasteiger partial charge in [0.25, 0.3) is 5.91 Å². The molecule has 2 aromatic rings. The molecular formula is C19H24N2O4. The first-order valence-electron chi connectivity index (χ1n) is 8.58. The Hall–Kier alpha value is -2.47. The van der Waals surface area contributed by atoms with Crippen LogP contribution >= 0.6 is 0 Å². The van der Waals surface area contributed by atoms with Gasteiger partial charge >= 0.3 is 0 Å². The van der Waals surface area contributed by atoms with E-state index in [0.29, 0.717) is 12.4 Å². The van der Waals surface area contributed by atoms with Gasteiger partial charge in [0.05, 0.1) is 20.0 Å². The maximum atomic E-state index is 12.2. The number of hydrogen-bond acceptors (Lipinski definition) is 5. The molecule has 1 aliphatic rings. The van der Waals surface area contributed by atoms with Gasteiger partial charge in [-0.15, -0.1) is 0 Å². The maximum absolute atomic E-state index is 12.2. The molecular weight excluding hydrogens is 320 g/mol. The van der Waals surface area contributed by atoms with Gasteiger partial charge in [0.15, 0.2) is 5.76 Å². The number of hydrogen-bond donors (Lipinski definition) is 0. The van der Waals surface area contributed by atoms with Gasteiger partial charge in [-0.3, -0.25) is 9.69 Å². The summed E-state index contributed by atoms with van der Waals surface area (Å²) < 4.78 is 16.1. The monoisotopic (exact) mass is 344 g/mol. The first-order valence-corrected chi connectivity index (χ1v) is 8.58. The van der Waals surface area contributed by atoms with Gasteiger partial charge in [0.1, 0.15) is 11.5 Å². The van der Waals surface area contributed by atoms with Crippen LogP contribution in [-0.4, -0.2) is 62.1 Å². The highest BCUT2D eigenvalue weighted by atomic mass is 16.5. The lowest BCUT2D eigenvalue weighted by atomic mass is 10.2. The third-order valence-electron chi connectivity index (χ3n) is 4.34. The Labute approximate surface area is 147 Å². The molecule has 1 amide bonds. The summed E-state index contributed by atoms with van der Waals surface area (Å²) in [5, 5.41) is 0. The number of carbonyl (C=O) groups is 1. The van der Waals surface area contributed by atoms with Crippen LogP contribution in [-0.2, 0) is 0 Å². The van der Waals surface area contributed by atoms with E-state index in [4.69, 9.17) is 13.9 Å². The van der Waals surface area contributed by atoms with E-state index in [0.717, 1.165) is 50.6 Å². The van der Waals surface area contributed by atoms with Crippen molar-refractivity contribution in [1.29, 1.82) is 0 Å². The summed E-state index contributed by atoms with van der Waals surface area (Å²) in [4.78, 5) is 16.4. The van der Waals surface area contributed by atoms with E-state index in [1.807, 2.05) is 29.2 Å². The number of amides is 1. The Morgan fingerprint density at radius 3 is 2.44 bits per heavy atom. The topological polar surface area (TPSA) is 55.2 Å². The molecule has 0 saturated carbocycles. The van der Waals surface area contributed by atoms with Crippen molar-refractivity contribution >= 4 is 5.91 Å². The fraction of sp³-hybridized carbons (Fsp3) is 0.421. The van der Waals surface area contributed by atoms with Crippen LogP contribution in [0.2, 0.25) is 0 Å². The van der Waals surface area contributed by atoms with E-state index < -0.39 is 0 Å². The van der Waals surface area contributed by atoms with Crippen LogP contribution in [0.3, 0.4) is 0 Å². The van der Waals surface area contributed by atoms with Crippen molar-refractivity contribution in [2.45, 2.75) is 6.42 Å². The van der Waals surface area contributed by atoms with Crippen LogP contribution in [0.25, 0.3) is 0 Å². The lowest BCUT2D eigenvalue weighted by molar-refractivity contribution is 0.0600. The molecule has 134 valence electrons. The Balaban J connectivity index is 1.33. The summed E-state index contributed by atoms with van der Waals surface area (Å²) in [5.74, 6) is 2.08. The average Bonchev–Trinajstić information content (AvgIpc) is 3.20. The summed E-state index contributed by atoms with van der Waals surface area (Å²) in [7, 11) is 1.65. The Bertz CT molecular complexity index is 647. The summed E-state index contributed by atoms with van der Waals surface area (Å²) in [6, 6.07) is 11.1. The number of rotatable bonds is 7. The first kappa shape index (κ1) is 17.4. The average molecular weight is 344 g/mol. The van der Waals surface area contributed by atoms with Crippen molar-refractivity contribution in [3.8, 4) is 11.5 Å². The first-order chi connectivity index (χ1) is 12.3. The van der Waals surface area contributed by atoms with Crippen molar-refractivity contribution < 1.29 is 18.7 Å². The molecule has 1 fully saturated rings. The van der Waals surface area contributed by atoms with Crippen LogP contribution in [0.4, 0.5) is 0 Å². The van der Waals surface area contributed by atoms with Gasteiger partial charge in [0.2, 0.25) is 0 Å². The number of furan rings is 1. The second kappa shape index (κ2) is 8.58. The molecule has 1 saturated heterocycles. The lowest BCUT2D eigenvalue weighted by Gasteiger charge is -2.34. The van der Waals surface area contributed by atoms with Crippen molar-refractivity contribution in [1.82, 2.24) is 9.80 Å². The van der Waals surface area contributed by atoms with E-state index in [1.54, 1.807) is 19.2 Å². The number of carbonyl (C=O) groups excluding carboxylic acids is 1.